The van der Waals surface area contributed by atoms with Crippen LogP contribution in [0.3, 0.4) is 0 Å². The first-order valence-electron chi connectivity index (χ1n) is 2.55. The Labute approximate surface area is 43.9 Å². The van der Waals surface area contributed by atoms with Crippen LogP contribution >= 0.6 is 0 Å². The number of ether oxygens (including phenoxy) is 1. The second-order valence-electron chi connectivity index (χ2n) is 1.91. The van der Waals surface area contributed by atoms with E-state index in [-0.39, 0.29) is 0 Å². The highest BCUT2D eigenvalue weighted by Crippen LogP contribution is 2.02. The Kier molecular flexibility index (Phi) is 1.65. The summed E-state index contributed by atoms with van der Waals surface area (Å²) in [5, 5.41) is 4.04. The summed E-state index contributed by atoms with van der Waals surface area (Å²) >= 11 is 0. The van der Waals surface area contributed by atoms with Crippen LogP contribution in [0, 0.1) is 5.92 Å². The van der Waals surface area contributed by atoms with E-state index in [4.69, 9.17) is 4.74 Å². The molecule has 2 heteroatoms. The van der Waals surface area contributed by atoms with E-state index in [1.165, 1.54) is 0 Å². The van der Waals surface area contributed by atoms with E-state index in [1.54, 1.807) is 7.11 Å². The molecule has 0 aromatic rings. The topological polar surface area (TPSA) is 23.3 Å². The van der Waals surface area contributed by atoms with Gasteiger partial charge in [-0.3, -0.25) is 0 Å². The minimum absolute atomic E-state index is 0.741. The molecule has 2 nitrogen and oxygen atoms in total. The van der Waals surface area contributed by atoms with Crippen molar-refractivity contribution in [1.29, 1.82) is 0 Å². The van der Waals surface area contributed by atoms with E-state index in [0.29, 0.717) is 0 Å². The van der Waals surface area contributed by atoms with Gasteiger partial charge in [-0.05, 0) is 0 Å². The third-order valence-electron chi connectivity index (χ3n) is 1.18. The molecule has 41 valence electrons. The molecule has 0 aromatic carbocycles. The maximum absolute atomic E-state index is 4.89. The summed E-state index contributed by atoms with van der Waals surface area (Å²) < 4.78 is 4.89. The molecule has 1 radical (unpaired) electrons. The Morgan fingerprint density at radius 2 is 2.43 bits per heavy atom. The van der Waals surface area contributed by atoms with Crippen molar-refractivity contribution in [3.05, 3.63) is 0 Å². The van der Waals surface area contributed by atoms with Crippen molar-refractivity contribution in [2.75, 3.05) is 26.8 Å². The van der Waals surface area contributed by atoms with Crippen molar-refractivity contribution >= 4 is 0 Å². The lowest BCUT2D eigenvalue weighted by atomic mass is 10.1. The predicted molar refractivity (Wildman–Crippen MR) is 27.2 cm³/mol. The van der Waals surface area contributed by atoms with E-state index in [0.717, 1.165) is 25.6 Å². The van der Waals surface area contributed by atoms with Crippen molar-refractivity contribution in [2.24, 2.45) is 5.92 Å². The molecular formula is C5H10NO. The molecule has 1 saturated heterocycles. The number of hydrogen-bond acceptors (Lipinski definition) is 1. The zero-order valence-corrected chi connectivity index (χ0v) is 4.55. The average Bonchev–Trinajstić information content (AvgIpc) is 1.55. The number of methoxy groups -OCH3 is 1. The maximum Gasteiger partial charge on any atom is 0.0516 e. The Hall–Kier alpha value is -0.0800. The Balaban J connectivity index is 1.93. The minimum Gasteiger partial charge on any atom is -0.384 e. The van der Waals surface area contributed by atoms with Crippen LogP contribution in [-0.2, 0) is 4.74 Å². The van der Waals surface area contributed by atoms with E-state index in [1.807, 2.05) is 0 Å². The van der Waals surface area contributed by atoms with Gasteiger partial charge in [-0.25, -0.2) is 5.32 Å². The van der Waals surface area contributed by atoms with Gasteiger partial charge in [0.25, 0.3) is 0 Å². The van der Waals surface area contributed by atoms with Crippen LogP contribution in [0.5, 0.6) is 0 Å². The molecule has 0 unspecified atom stereocenters. The van der Waals surface area contributed by atoms with Gasteiger partial charge in [0.2, 0.25) is 0 Å². The molecular weight excluding hydrogens is 90.1 g/mol. The van der Waals surface area contributed by atoms with E-state index in [2.05, 4.69) is 5.32 Å². The highest BCUT2D eigenvalue weighted by atomic mass is 16.5. The van der Waals surface area contributed by atoms with Crippen molar-refractivity contribution in [2.45, 2.75) is 0 Å². The van der Waals surface area contributed by atoms with Crippen LogP contribution in [0.25, 0.3) is 0 Å². The van der Waals surface area contributed by atoms with Crippen molar-refractivity contribution in [3.63, 3.8) is 0 Å². The van der Waals surface area contributed by atoms with Gasteiger partial charge in [-0.1, -0.05) is 0 Å². The van der Waals surface area contributed by atoms with E-state index >= 15 is 0 Å². The fraction of sp³-hybridized carbons (Fsp3) is 1.00. The van der Waals surface area contributed by atoms with E-state index in [9.17, 15) is 0 Å². The SMILES string of the molecule is COCC1C[N]C1. The molecule has 0 atom stereocenters. The lowest BCUT2D eigenvalue weighted by Gasteiger charge is -2.23. The highest BCUT2D eigenvalue weighted by molar-refractivity contribution is 4.72. The first kappa shape index (κ1) is 5.06. The number of nitrogens with zero attached hydrogens (tertiary/aromatic N) is 1. The molecule has 0 amide bonds. The third-order valence-corrected chi connectivity index (χ3v) is 1.18. The zero-order chi connectivity index (χ0) is 5.11. The summed E-state index contributed by atoms with van der Waals surface area (Å²) in [6, 6.07) is 0. The van der Waals surface area contributed by atoms with Crippen LogP contribution in [0.4, 0.5) is 0 Å². The monoisotopic (exact) mass is 100 g/mol. The summed E-state index contributed by atoms with van der Waals surface area (Å²) in [7, 11) is 1.73. The molecule has 1 fully saturated rings. The van der Waals surface area contributed by atoms with Crippen LogP contribution in [0.2, 0.25) is 0 Å². The summed E-state index contributed by atoms with van der Waals surface area (Å²) in [6.45, 7) is 2.94. The van der Waals surface area contributed by atoms with Gasteiger partial charge in [0.1, 0.15) is 0 Å². The zero-order valence-electron chi connectivity index (χ0n) is 4.55. The van der Waals surface area contributed by atoms with Gasteiger partial charge in [-0.2, -0.15) is 0 Å². The highest BCUT2D eigenvalue weighted by Gasteiger charge is 2.16. The standard InChI is InChI=1S/C5H10NO/c1-7-4-5-2-6-3-5/h5H,2-4H2,1H3. The summed E-state index contributed by atoms with van der Waals surface area (Å²) in [6.07, 6.45) is 0. The first-order chi connectivity index (χ1) is 3.43. The molecule has 1 aliphatic heterocycles. The molecule has 1 heterocycles. The quantitative estimate of drug-likeness (QED) is 0.474. The largest absolute Gasteiger partial charge is 0.384 e. The molecule has 0 aromatic heterocycles. The molecule has 7 heavy (non-hydrogen) atoms. The fourth-order valence-electron chi connectivity index (χ4n) is 0.653. The van der Waals surface area contributed by atoms with Crippen LogP contribution in [0.1, 0.15) is 0 Å². The molecule has 0 N–H and O–H groups in total. The van der Waals surface area contributed by atoms with Crippen molar-refractivity contribution < 1.29 is 4.74 Å². The maximum atomic E-state index is 4.89. The second-order valence-corrected chi connectivity index (χ2v) is 1.91. The number of hydrogen-bond donors (Lipinski definition) is 0. The predicted octanol–water partition coefficient (Wildman–Crippen LogP) is -0.133. The first-order valence-corrected chi connectivity index (χ1v) is 2.55. The summed E-state index contributed by atoms with van der Waals surface area (Å²) in [5.41, 5.74) is 0. The van der Waals surface area contributed by atoms with Crippen LogP contribution < -0.4 is 5.32 Å². The minimum atomic E-state index is 0.741. The van der Waals surface area contributed by atoms with Crippen LogP contribution in [0.15, 0.2) is 0 Å². The third kappa shape index (κ3) is 1.14. The fourth-order valence-corrected chi connectivity index (χ4v) is 0.653. The lowest BCUT2D eigenvalue weighted by Crippen LogP contribution is -2.38. The van der Waals surface area contributed by atoms with Gasteiger partial charge in [0.15, 0.2) is 0 Å². The van der Waals surface area contributed by atoms with Gasteiger partial charge >= 0.3 is 0 Å². The second kappa shape index (κ2) is 2.28. The Morgan fingerprint density at radius 3 is 2.57 bits per heavy atom. The molecule has 0 spiro atoms. The van der Waals surface area contributed by atoms with Crippen molar-refractivity contribution in [1.82, 2.24) is 5.32 Å². The van der Waals surface area contributed by atoms with Gasteiger partial charge in [0.05, 0.1) is 6.61 Å². The average molecular weight is 100 g/mol. The van der Waals surface area contributed by atoms with Crippen molar-refractivity contribution in [3.8, 4) is 0 Å². The van der Waals surface area contributed by atoms with Crippen LogP contribution in [-0.4, -0.2) is 26.8 Å². The van der Waals surface area contributed by atoms with Gasteiger partial charge < -0.3 is 4.74 Å². The Bertz CT molecular complexity index is 52.0. The number of rotatable bonds is 2. The lowest BCUT2D eigenvalue weighted by molar-refractivity contribution is 0.122. The molecule has 1 rings (SSSR count). The Morgan fingerprint density at radius 1 is 1.71 bits per heavy atom. The van der Waals surface area contributed by atoms with Gasteiger partial charge in [0, 0.05) is 26.1 Å². The summed E-state index contributed by atoms with van der Waals surface area (Å²) in [4.78, 5) is 0. The van der Waals surface area contributed by atoms with E-state index < -0.39 is 0 Å². The smallest absolute Gasteiger partial charge is 0.0516 e. The molecule has 1 aliphatic rings. The van der Waals surface area contributed by atoms with Gasteiger partial charge in [-0.15, -0.1) is 0 Å². The molecule has 0 saturated carbocycles. The molecule has 0 aliphatic carbocycles. The summed E-state index contributed by atoms with van der Waals surface area (Å²) in [5.74, 6) is 0.741. The molecule has 0 bridgehead atoms. The normalized spacial score (nSPS) is 21.9.